The average molecular weight is 318 g/mol. The van der Waals surface area contributed by atoms with E-state index < -0.39 is 0 Å². The molecule has 0 aliphatic carbocycles. The van der Waals surface area contributed by atoms with E-state index in [-0.39, 0.29) is 11.9 Å². The molecule has 0 saturated carbocycles. The highest BCUT2D eigenvalue weighted by Crippen LogP contribution is 2.22. The Labute approximate surface area is 136 Å². The van der Waals surface area contributed by atoms with Crippen LogP contribution >= 0.6 is 11.6 Å². The average Bonchev–Trinajstić information content (AvgIpc) is 2.54. The number of methoxy groups -OCH3 is 1. The second-order valence-electron chi connectivity index (χ2n) is 5.28. The molecule has 0 heterocycles. The van der Waals surface area contributed by atoms with E-state index in [4.69, 9.17) is 16.3 Å². The Kier molecular flexibility index (Phi) is 5.58. The molecular formula is C18H20ClNO2. The number of halogens is 1. The van der Waals surface area contributed by atoms with Crippen molar-refractivity contribution in [1.29, 1.82) is 0 Å². The summed E-state index contributed by atoms with van der Waals surface area (Å²) in [4.78, 5) is 14.4. The normalized spacial score (nSPS) is 12.0. The van der Waals surface area contributed by atoms with Crippen LogP contribution in [0.25, 0.3) is 0 Å². The number of rotatable bonds is 5. The summed E-state index contributed by atoms with van der Waals surface area (Å²) < 4.78 is 5.11. The van der Waals surface area contributed by atoms with Gasteiger partial charge in [-0.2, -0.15) is 0 Å². The van der Waals surface area contributed by atoms with Crippen molar-refractivity contribution in [2.24, 2.45) is 0 Å². The summed E-state index contributed by atoms with van der Waals surface area (Å²) in [6.07, 6.45) is 0. The molecule has 3 nitrogen and oxygen atoms in total. The Bertz CT molecular complexity index is 640. The van der Waals surface area contributed by atoms with E-state index in [0.29, 0.717) is 17.2 Å². The maximum Gasteiger partial charge on any atom is 0.254 e. The van der Waals surface area contributed by atoms with Gasteiger partial charge in [0.1, 0.15) is 0 Å². The van der Waals surface area contributed by atoms with Crippen molar-refractivity contribution in [3.05, 3.63) is 70.2 Å². The van der Waals surface area contributed by atoms with Crippen LogP contribution in [0.1, 0.15) is 34.5 Å². The third kappa shape index (κ3) is 3.87. The second-order valence-corrected chi connectivity index (χ2v) is 5.71. The molecule has 0 N–H and O–H groups in total. The monoisotopic (exact) mass is 317 g/mol. The van der Waals surface area contributed by atoms with Gasteiger partial charge in [-0.3, -0.25) is 4.79 Å². The Morgan fingerprint density at radius 2 is 1.91 bits per heavy atom. The Morgan fingerprint density at radius 1 is 1.23 bits per heavy atom. The molecule has 0 aromatic heterocycles. The number of amides is 1. The molecule has 1 atom stereocenters. The fourth-order valence-corrected chi connectivity index (χ4v) is 2.43. The zero-order valence-corrected chi connectivity index (χ0v) is 13.8. The lowest BCUT2D eigenvalue weighted by atomic mass is 10.1. The molecule has 0 aliphatic rings. The molecule has 2 aromatic rings. The first-order valence-electron chi connectivity index (χ1n) is 7.13. The molecule has 1 unspecified atom stereocenters. The van der Waals surface area contributed by atoms with Gasteiger partial charge in [-0.05, 0) is 42.3 Å². The van der Waals surface area contributed by atoms with Crippen molar-refractivity contribution in [1.82, 2.24) is 4.90 Å². The molecule has 0 radical (unpaired) electrons. The molecule has 2 rings (SSSR count). The van der Waals surface area contributed by atoms with E-state index in [2.05, 4.69) is 0 Å². The number of nitrogens with zero attached hydrogens (tertiary/aromatic N) is 1. The van der Waals surface area contributed by atoms with E-state index in [0.717, 1.165) is 11.1 Å². The van der Waals surface area contributed by atoms with E-state index in [1.165, 1.54) is 0 Å². The zero-order chi connectivity index (χ0) is 16.1. The van der Waals surface area contributed by atoms with Gasteiger partial charge in [-0.15, -0.1) is 0 Å². The van der Waals surface area contributed by atoms with Crippen molar-refractivity contribution in [3.63, 3.8) is 0 Å². The van der Waals surface area contributed by atoms with Gasteiger partial charge in [0.2, 0.25) is 0 Å². The maximum atomic E-state index is 12.6. The number of benzene rings is 2. The smallest absolute Gasteiger partial charge is 0.254 e. The first-order chi connectivity index (χ1) is 10.5. The number of ether oxygens (including phenoxy) is 1. The van der Waals surface area contributed by atoms with Gasteiger partial charge >= 0.3 is 0 Å². The highest BCUT2D eigenvalue weighted by atomic mass is 35.5. The molecule has 0 aliphatic heterocycles. The van der Waals surface area contributed by atoms with Crippen molar-refractivity contribution in [2.45, 2.75) is 19.6 Å². The van der Waals surface area contributed by atoms with Crippen molar-refractivity contribution >= 4 is 17.5 Å². The molecule has 0 spiro atoms. The zero-order valence-electron chi connectivity index (χ0n) is 13.0. The minimum Gasteiger partial charge on any atom is -0.380 e. The predicted molar refractivity (Wildman–Crippen MR) is 89.1 cm³/mol. The van der Waals surface area contributed by atoms with Crippen LogP contribution in [0.2, 0.25) is 5.02 Å². The van der Waals surface area contributed by atoms with Crippen molar-refractivity contribution < 1.29 is 9.53 Å². The van der Waals surface area contributed by atoms with Gasteiger partial charge in [0.25, 0.3) is 5.91 Å². The summed E-state index contributed by atoms with van der Waals surface area (Å²) in [5.74, 6) is -0.0135. The van der Waals surface area contributed by atoms with Crippen LogP contribution in [0.5, 0.6) is 0 Å². The molecule has 0 saturated heterocycles. The number of carbonyl (C=O) groups is 1. The third-order valence-electron chi connectivity index (χ3n) is 3.74. The van der Waals surface area contributed by atoms with Crippen LogP contribution < -0.4 is 0 Å². The Balaban J connectivity index is 2.17. The topological polar surface area (TPSA) is 29.5 Å². The molecule has 22 heavy (non-hydrogen) atoms. The summed E-state index contributed by atoms with van der Waals surface area (Å²) >= 11 is 5.91. The lowest BCUT2D eigenvalue weighted by molar-refractivity contribution is 0.0742. The van der Waals surface area contributed by atoms with E-state index >= 15 is 0 Å². The lowest BCUT2D eigenvalue weighted by Gasteiger charge is -2.25. The van der Waals surface area contributed by atoms with Gasteiger partial charge in [0.15, 0.2) is 0 Å². The largest absolute Gasteiger partial charge is 0.380 e. The van der Waals surface area contributed by atoms with Gasteiger partial charge in [-0.1, -0.05) is 35.9 Å². The number of hydrogen-bond donors (Lipinski definition) is 0. The van der Waals surface area contributed by atoms with Gasteiger partial charge in [0, 0.05) is 24.7 Å². The Hall–Kier alpha value is -1.84. The number of hydrogen-bond acceptors (Lipinski definition) is 2. The second kappa shape index (κ2) is 7.43. The van der Waals surface area contributed by atoms with Crippen LogP contribution in [0, 0.1) is 0 Å². The molecule has 0 bridgehead atoms. The summed E-state index contributed by atoms with van der Waals surface area (Å²) in [6, 6.07) is 15.1. The van der Waals surface area contributed by atoms with Gasteiger partial charge < -0.3 is 9.64 Å². The summed E-state index contributed by atoms with van der Waals surface area (Å²) in [6.45, 7) is 2.50. The van der Waals surface area contributed by atoms with E-state index in [9.17, 15) is 4.79 Å². The third-order valence-corrected chi connectivity index (χ3v) is 3.99. The van der Waals surface area contributed by atoms with E-state index in [1.807, 2.05) is 62.5 Å². The highest BCUT2D eigenvalue weighted by Gasteiger charge is 2.19. The van der Waals surface area contributed by atoms with Crippen LogP contribution in [0.3, 0.4) is 0 Å². The van der Waals surface area contributed by atoms with Crippen molar-refractivity contribution in [2.75, 3.05) is 14.2 Å². The quantitative estimate of drug-likeness (QED) is 0.822. The minimum absolute atomic E-state index is 0.0135. The molecule has 116 valence electrons. The van der Waals surface area contributed by atoms with Crippen molar-refractivity contribution in [3.8, 4) is 0 Å². The summed E-state index contributed by atoms with van der Waals surface area (Å²) in [5.41, 5.74) is 2.70. The molecular weight excluding hydrogens is 298 g/mol. The molecule has 1 amide bonds. The van der Waals surface area contributed by atoms with Gasteiger partial charge in [0.05, 0.1) is 12.6 Å². The van der Waals surface area contributed by atoms with Crippen LogP contribution in [0.4, 0.5) is 0 Å². The van der Waals surface area contributed by atoms with E-state index in [1.54, 1.807) is 12.0 Å². The van der Waals surface area contributed by atoms with Crippen LogP contribution in [0.15, 0.2) is 48.5 Å². The highest BCUT2D eigenvalue weighted by molar-refractivity contribution is 6.30. The van der Waals surface area contributed by atoms with Crippen LogP contribution in [-0.2, 0) is 11.3 Å². The maximum absolute atomic E-state index is 12.6. The van der Waals surface area contributed by atoms with Gasteiger partial charge in [-0.25, -0.2) is 0 Å². The standard InChI is InChI=1S/C18H20ClNO2/c1-13(15-7-9-17(19)10-8-15)20(2)18(21)16-6-4-5-14(11-16)12-22-3/h4-11,13H,12H2,1-3H3. The minimum atomic E-state index is -0.0316. The molecule has 0 fully saturated rings. The SMILES string of the molecule is COCc1cccc(C(=O)N(C)C(C)c2ccc(Cl)cc2)c1. The number of carbonyl (C=O) groups excluding carboxylic acids is 1. The summed E-state index contributed by atoms with van der Waals surface area (Å²) in [5, 5.41) is 0.692. The van der Waals surface area contributed by atoms with Crippen LogP contribution in [-0.4, -0.2) is 25.0 Å². The summed E-state index contributed by atoms with van der Waals surface area (Å²) in [7, 11) is 3.45. The fourth-order valence-electron chi connectivity index (χ4n) is 2.31. The first-order valence-corrected chi connectivity index (χ1v) is 7.51. The molecule has 2 aromatic carbocycles. The molecule has 4 heteroatoms. The first kappa shape index (κ1) is 16.5. The fraction of sp³-hybridized carbons (Fsp3) is 0.278. The lowest BCUT2D eigenvalue weighted by Crippen LogP contribution is -2.29. The predicted octanol–water partition coefficient (Wildman–Crippen LogP) is 4.32. The Morgan fingerprint density at radius 3 is 2.55 bits per heavy atom.